The van der Waals surface area contributed by atoms with E-state index in [0.717, 1.165) is 30.9 Å². The predicted molar refractivity (Wildman–Crippen MR) is 110 cm³/mol. The number of hydrogen-bond donors (Lipinski definition) is 2. The lowest BCUT2D eigenvalue weighted by molar-refractivity contribution is 0.742. The van der Waals surface area contributed by atoms with Gasteiger partial charge in [0, 0.05) is 20.1 Å². The number of aliphatic imine (C=N–C) groups is 1. The van der Waals surface area contributed by atoms with Gasteiger partial charge in [0.25, 0.3) is 0 Å². The maximum Gasteiger partial charge on any atom is 0.191 e. The highest BCUT2D eigenvalue weighted by molar-refractivity contribution is 14.0. The Labute approximate surface area is 161 Å². The molecule has 0 unspecified atom stereocenters. The maximum atomic E-state index is 8.79. The molecular formula is C19H23IN4. The van der Waals surface area contributed by atoms with Crippen molar-refractivity contribution in [2.24, 2.45) is 4.99 Å². The summed E-state index contributed by atoms with van der Waals surface area (Å²) in [5.41, 5.74) is 3.16. The zero-order valence-corrected chi connectivity index (χ0v) is 16.2. The van der Waals surface area contributed by atoms with Gasteiger partial charge >= 0.3 is 0 Å². The molecule has 0 aliphatic carbocycles. The molecule has 0 bridgehead atoms. The van der Waals surface area contributed by atoms with Crippen LogP contribution in [-0.4, -0.2) is 19.6 Å². The average molecular weight is 434 g/mol. The third-order valence-electron chi connectivity index (χ3n) is 3.54. The third-order valence-corrected chi connectivity index (χ3v) is 3.54. The van der Waals surface area contributed by atoms with Crippen molar-refractivity contribution in [2.75, 3.05) is 13.6 Å². The van der Waals surface area contributed by atoms with Gasteiger partial charge in [0.15, 0.2) is 5.96 Å². The number of aryl methyl sites for hydroxylation is 1. The van der Waals surface area contributed by atoms with Gasteiger partial charge in [-0.3, -0.25) is 4.99 Å². The molecular weight excluding hydrogens is 411 g/mol. The van der Waals surface area contributed by atoms with E-state index in [9.17, 15) is 0 Å². The van der Waals surface area contributed by atoms with Crippen molar-refractivity contribution in [3.8, 4) is 6.07 Å². The van der Waals surface area contributed by atoms with Gasteiger partial charge in [-0.1, -0.05) is 42.5 Å². The number of halogens is 1. The number of nitrogens with one attached hydrogen (secondary N) is 2. The summed E-state index contributed by atoms with van der Waals surface area (Å²) in [5.74, 6) is 0.794. The standard InChI is InChI=1S/C19H22N4.HI/c1-21-19(22-13-5-8-16-6-3-2-4-7-16)23-15-18-11-9-17(14-20)10-12-18;/h2-4,6-7,9-12H,5,8,13,15H2,1H3,(H2,21,22,23);1H. The molecule has 0 fully saturated rings. The Kier molecular flexibility index (Phi) is 9.54. The predicted octanol–water partition coefficient (Wildman–Crippen LogP) is 3.47. The van der Waals surface area contributed by atoms with E-state index in [0.29, 0.717) is 12.1 Å². The number of nitrogens with zero attached hydrogens (tertiary/aromatic N) is 2. The molecule has 2 aromatic rings. The third kappa shape index (κ3) is 7.01. The van der Waals surface area contributed by atoms with Crippen LogP contribution in [-0.2, 0) is 13.0 Å². The number of nitriles is 1. The first-order valence-corrected chi connectivity index (χ1v) is 7.79. The monoisotopic (exact) mass is 434 g/mol. The zero-order valence-electron chi connectivity index (χ0n) is 13.8. The van der Waals surface area contributed by atoms with Crippen molar-refractivity contribution >= 4 is 29.9 Å². The molecule has 0 spiro atoms. The molecule has 0 saturated carbocycles. The van der Waals surface area contributed by atoms with Gasteiger partial charge in [0.05, 0.1) is 11.6 Å². The highest BCUT2D eigenvalue weighted by atomic mass is 127. The van der Waals surface area contributed by atoms with Crippen molar-refractivity contribution in [3.63, 3.8) is 0 Å². The molecule has 0 heterocycles. The lowest BCUT2D eigenvalue weighted by Crippen LogP contribution is -2.37. The fourth-order valence-electron chi connectivity index (χ4n) is 2.25. The molecule has 0 atom stereocenters. The van der Waals surface area contributed by atoms with Crippen LogP contribution >= 0.6 is 24.0 Å². The molecule has 2 rings (SSSR count). The van der Waals surface area contributed by atoms with Crippen LogP contribution in [0.3, 0.4) is 0 Å². The van der Waals surface area contributed by atoms with E-state index in [1.165, 1.54) is 5.56 Å². The quantitative estimate of drug-likeness (QED) is 0.317. The number of rotatable bonds is 6. The first-order valence-electron chi connectivity index (χ1n) is 7.79. The SMILES string of the molecule is CN=C(NCCCc1ccccc1)NCc1ccc(C#N)cc1.I. The molecule has 126 valence electrons. The van der Waals surface area contributed by atoms with Crippen LogP contribution in [0.15, 0.2) is 59.6 Å². The van der Waals surface area contributed by atoms with E-state index in [1.54, 1.807) is 7.05 Å². The molecule has 0 saturated heterocycles. The van der Waals surface area contributed by atoms with E-state index >= 15 is 0 Å². The minimum absolute atomic E-state index is 0. The fourth-order valence-corrected chi connectivity index (χ4v) is 2.25. The van der Waals surface area contributed by atoms with Gasteiger partial charge in [-0.05, 0) is 36.1 Å². The second-order valence-electron chi connectivity index (χ2n) is 5.25. The van der Waals surface area contributed by atoms with Gasteiger partial charge in [-0.2, -0.15) is 5.26 Å². The Balaban J connectivity index is 0.00000288. The van der Waals surface area contributed by atoms with E-state index in [-0.39, 0.29) is 24.0 Å². The van der Waals surface area contributed by atoms with E-state index in [4.69, 9.17) is 5.26 Å². The maximum absolute atomic E-state index is 8.79. The van der Waals surface area contributed by atoms with Crippen LogP contribution in [0.1, 0.15) is 23.1 Å². The summed E-state index contributed by atoms with van der Waals surface area (Å²) in [5, 5.41) is 15.4. The van der Waals surface area contributed by atoms with Gasteiger partial charge < -0.3 is 10.6 Å². The summed E-state index contributed by atoms with van der Waals surface area (Å²) < 4.78 is 0. The molecule has 24 heavy (non-hydrogen) atoms. The molecule has 4 nitrogen and oxygen atoms in total. The normalized spacial score (nSPS) is 10.4. The molecule has 5 heteroatoms. The van der Waals surface area contributed by atoms with Crippen LogP contribution in [0.5, 0.6) is 0 Å². The Morgan fingerprint density at radius 3 is 2.33 bits per heavy atom. The molecule has 2 N–H and O–H groups in total. The largest absolute Gasteiger partial charge is 0.356 e. The van der Waals surface area contributed by atoms with E-state index in [2.05, 4.69) is 46.0 Å². The summed E-state index contributed by atoms with van der Waals surface area (Å²) in [6, 6.07) is 20.2. The molecule has 0 aliphatic heterocycles. The van der Waals surface area contributed by atoms with Crippen molar-refractivity contribution in [2.45, 2.75) is 19.4 Å². The van der Waals surface area contributed by atoms with Crippen LogP contribution in [0.4, 0.5) is 0 Å². The Hall–Kier alpha value is -2.07. The summed E-state index contributed by atoms with van der Waals surface area (Å²) in [6.07, 6.45) is 2.11. The fraction of sp³-hybridized carbons (Fsp3) is 0.263. The summed E-state index contributed by atoms with van der Waals surface area (Å²) in [6.45, 7) is 1.56. The van der Waals surface area contributed by atoms with Crippen molar-refractivity contribution in [1.29, 1.82) is 5.26 Å². The number of hydrogen-bond acceptors (Lipinski definition) is 2. The first-order chi connectivity index (χ1) is 11.3. The Morgan fingerprint density at radius 2 is 1.71 bits per heavy atom. The highest BCUT2D eigenvalue weighted by Crippen LogP contribution is 2.03. The van der Waals surface area contributed by atoms with Crippen molar-refractivity contribution < 1.29 is 0 Å². The van der Waals surface area contributed by atoms with Crippen LogP contribution in [0, 0.1) is 11.3 Å². The van der Waals surface area contributed by atoms with Gasteiger partial charge in [0.2, 0.25) is 0 Å². The van der Waals surface area contributed by atoms with Crippen LogP contribution in [0.25, 0.3) is 0 Å². The van der Waals surface area contributed by atoms with Gasteiger partial charge in [-0.25, -0.2) is 0 Å². The smallest absolute Gasteiger partial charge is 0.191 e. The lowest BCUT2D eigenvalue weighted by atomic mass is 10.1. The Morgan fingerprint density at radius 1 is 1.00 bits per heavy atom. The molecule has 0 aromatic heterocycles. The van der Waals surface area contributed by atoms with Crippen LogP contribution < -0.4 is 10.6 Å². The number of guanidine groups is 1. The average Bonchev–Trinajstić information content (AvgIpc) is 2.62. The first kappa shape index (κ1) is 20.0. The summed E-state index contributed by atoms with van der Waals surface area (Å²) >= 11 is 0. The molecule has 2 aromatic carbocycles. The topological polar surface area (TPSA) is 60.2 Å². The van der Waals surface area contributed by atoms with Gasteiger partial charge in [-0.15, -0.1) is 24.0 Å². The second kappa shape index (κ2) is 11.5. The summed E-state index contributed by atoms with van der Waals surface area (Å²) in [7, 11) is 1.77. The van der Waals surface area contributed by atoms with Crippen molar-refractivity contribution in [1.82, 2.24) is 10.6 Å². The van der Waals surface area contributed by atoms with E-state index < -0.39 is 0 Å². The summed E-state index contributed by atoms with van der Waals surface area (Å²) in [4.78, 5) is 4.22. The lowest BCUT2D eigenvalue weighted by Gasteiger charge is -2.12. The Bertz CT molecular complexity index is 660. The zero-order chi connectivity index (χ0) is 16.3. The molecule has 0 amide bonds. The minimum Gasteiger partial charge on any atom is -0.356 e. The van der Waals surface area contributed by atoms with Gasteiger partial charge in [0.1, 0.15) is 0 Å². The molecule has 0 radical (unpaired) electrons. The van der Waals surface area contributed by atoms with E-state index in [1.807, 2.05) is 30.3 Å². The minimum atomic E-state index is 0. The van der Waals surface area contributed by atoms with Crippen LogP contribution in [0.2, 0.25) is 0 Å². The second-order valence-corrected chi connectivity index (χ2v) is 5.25. The molecule has 0 aliphatic rings. The van der Waals surface area contributed by atoms with Crippen molar-refractivity contribution in [3.05, 3.63) is 71.3 Å². The highest BCUT2D eigenvalue weighted by Gasteiger charge is 1.99. The number of benzene rings is 2.